The molecule has 3 aliphatic carbocycles. The Kier molecular flexibility index (Phi) is 4.87. The summed E-state index contributed by atoms with van der Waals surface area (Å²) >= 11 is 0. The van der Waals surface area contributed by atoms with E-state index >= 15 is 0 Å². The summed E-state index contributed by atoms with van der Waals surface area (Å²) in [4.78, 5) is 52.0. The van der Waals surface area contributed by atoms with Gasteiger partial charge in [0.1, 0.15) is 18.3 Å². The monoisotopic (exact) mass is 475 g/mol. The Morgan fingerprint density at radius 2 is 1.91 bits per heavy atom. The number of fused-ring (bicyclic) bond motifs is 1. The molecule has 12 heteroatoms. The number of hydrogen-bond acceptors (Lipinski definition) is 5. The van der Waals surface area contributed by atoms with Crippen molar-refractivity contribution in [2.75, 3.05) is 19.7 Å². The van der Waals surface area contributed by atoms with Crippen LogP contribution in [0.15, 0.2) is 0 Å². The molecule has 0 bridgehead atoms. The maximum atomic E-state index is 14.2. The fourth-order valence-corrected chi connectivity index (χ4v) is 5.42. The topological polar surface area (TPSA) is 105 Å². The van der Waals surface area contributed by atoms with Crippen molar-refractivity contribution in [2.45, 2.75) is 69.1 Å². The lowest BCUT2D eigenvalue weighted by molar-refractivity contribution is -0.321. The summed E-state index contributed by atoms with van der Waals surface area (Å²) in [6.45, 7) is -0.589. The Morgan fingerprint density at radius 3 is 2.42 bits per heavy atom. The standard InChI is InChI=1S/C21H25F4N3O5/c22-20-8-19(20,9-20)17(32)28-10-18(2-3-18)6-13(28)16(31)27-12(5-11-1-4-26-15(11)30)14(29)7-33-21(23,24)25/h11-13H,1-10H2,(H,26,30)(H,27,31)/t11-,12-,13-,19?,20?/m0/s1. The Morgan fingerprint density at radius 1 is 1.24 bits per heavy atom. The lowest BCUT2D eigenvalue weighted by Crippen LogP contribution is -2.53. The number of ketones is 1. The van der Waals surface area contributed by atoms with Crippen LogP contribution in [-0.4, -0.2) is 72.2 Å². The number of ether oxygens (including phenoxy) is 1. The Labute approximate surface area is 186 Å². The molecule has 5 rings (SSSR count). The van der Waals surface area contributed by atoms with Gasteiger partial charge in [0, 0.05) is 31.8 Å². The minimum atomic E-state index is -5.02. The van der Waals surface area contributed by atoms with Crippen molar-refractivity contribution in [3.8, 4) is 0 Å². The van der Waals surface area contributed by atoms with Crippen molar-refractivity contribution in [2.24, 2.45) is 16.7 Å². The quantitative estimate of drug-likeness (QED) is 0.510. The van der Waals surface area contributed by atoms with E-state index in [9.17, 15) is 36.7 Å². The molecule has 1 spiro atoms. The van der Waals surface area contributed by atoms with Crippen LogP contribution >= 0.6 is 0 Å². The molecule has 0 aromatic carbocycles. The molecular formula is C21H25F4N3O5. The van der Waals surface area contributed by atoms with E-state index in [1.54, 1.807) is 0 Å². The molecule has 2 N–H and O–H groups in total. The molecule has 8 nitrogen and oxygen atoms in total. The summed E-state index contributed by atoms with van der Waals surface area (Å²) in [5.74, 6) is -3.05. The number of Topliss-reactive ketones (excluding diaryl/α,β-unsaturated/α-hetero) is 1. The van der Waals surface area contributed by atoms with Crippen LogP contribution in [0.3, 0.4) is 0 Å². The molecule has 0 unspecified atom stereocenters. The number of amides is 3. The van der Waals surface area contributed by atoms with Crippen LogP contribution in [0, 0.1) is 16.7 Å². The predicted molar refractivity (Wildman–Crippen MR) is 102 cm³/mol. The molecule has 0 aromatic heterocycles. The summed E-state index contributed by atoms with van der Waals surface area (Å²) in [5, 5.41) is 5.07. The lowest BCUT2D eigenvalue weighted by atomic mass is 9.95. The first kappa shape index (κ1) is 22.5. The van der Waals surface area contributed by atoms with E-state index in [1.807, 2.05) is 0 Å². The number of nitrogens with zero attached hydrogens (tertiary/aromatic N) is 1. The molecule has 0 aromatic rings. The summed E-state index contributed by atoms with van der Waals surface area (Å²) < 4.78 is 55.1. The van der Waals surface area contributed by atoms with Gasteiger partial charge in [0.15, 0.2) is 5.78 Å². The van der Waals surface area contributed by atoms with Crippen molar-refractivity contribution >= 4 is 23.5 Å². The minimum absolute atomic E-state index is 0.156. The summed E-state index contributed by atoms with van der Waals surface area (Å²) in [7, 11) is 0. The molecule has 33 heavy (non-hydrogen) atoms. The van der Waals surface area contributed by atoms with Crippen LogP contribution in [-0.2, 0) is 23.9 Å². The van der Waals surface area contributed by atoms with Gasteiger partial charge >= 0.3 is 6.36 Å². The smallest absolute Gasteiger partial charge is 0.356 e. The van der Waals surface area contributed by atoms with E-state index in [4.69, 9.17) is 0 Å². The van der Waals surface area contributed by atoms with Crippen LogP contribution in [0.4, 0.5) is 17.6 Å². The molecule has 2 saturated heterocycles. The highest BCUT2D eigenvalue weighted by Crippen LogP contribution is 2.82. The molecule has 0 radical (unpaired) electrons. The van der Waals surface area contributed by atoms with Crippen LogP contribution in [0.5, 0.6) is 0 Å². The first-order valence-corrected chi connectivity index (χ1v) is 11.2. The fourth-order valence-electron chi connectivity index (χ4n) is 5.42. The van der Waals surface area contributed by atoms with E-state index in [2.05, 4.69) is 15.4 Å². The van der Waals surface area contributed by atoms with Crippen molar-refractivity contribution in [3.05, 3.63) is 0 Å². The fraction of sp³-hybridized carbons (Fsp3) is 0.810. The van der Waals surface area contributed by atoms with Crippen LogP contribution in [0.2, 0.25) is 0 Å². The van der Waals surface area contributed by atoms with Crippen LogP contribution in [0.1, 0.15) is 44.9 Å². The molecule has 3 amide bonds. The SMILES string of the molecule is O=C1NCC[C@H]1C[C@H](NC(=O)[C@@H]1CC2(CC2)CN1C(=O)C12CC1(F)C2)C(=O)COC(F)(F)F. The number of carbonyl (C=O) groups is 4. The predicted octanol–water partition coefficient (Wildman–Crippen LogP) is 0.986. The molecular weight excluding hydrogens is 450 g/mol. The van der Waals surface area contributed by atoms with E-state index in [0.29, 0.717) is 25.9 Å². The normalized spacial score (nSPS) is 36.2. The van der Waals surface area contributed by atoms with Gasteiger partial charge in [0.25, 0.3) is 0 Å². The summed E-state index contributed by atoms with van der Waals surface area (Å²) in [6.07, 6.45) is -2.46. The largest absolute Gasteiger partial charge is 0.522 e. The van der Waals surface area contributed by atoms with Gasteiger partial charge in [0.05, 0.1) is 11.5 Å². The van der Waals surface area contributed by atoms with Crippen molar-refractivity contribution < 1.29 is 41.5 Å². The van der Waals surface area contributed by atoms with Gasteiger partial charge in [-0.3, -0.25) is 23.9 Å². The van der Waals surface area contributed by atoms with E-state index in [1.165, 1.54) is 4.90 Å². The van der Waals surface area contributed by atoms with E-state index in [0.717, 1.165) is 12.8 Å². The minimum Gasteiger partial charge on any atom is -0.356 e. The number of nitrogens with one attached hydrogen (secondary N) is 2. The molecule has 2 heterocycles. The van der Waals surface area contributed by atoms with Gasteiger partial charge in [0.2, 0.25) is 17.7 Å². The Balaban J connectivity index is 1.29. The van der Waals surface area contributed by atoms with E-state index < -0.39 is 59.7 Å². The zero-order valence-electron chi connectivity index (χ0n) is 17.8. The highest BCUT2D eigenvalue weighted by molar-refractivity contribution is 5.98. The zero-order chi connectivity index (χ0) is 23.8. The van der Waals surface area contributed by atoms with Gasteiger partial charge in [-0.25, -0.2) is 4.39 Å². The second-order valence-electron chi connectivity index (χ2n) is 10.3. The number of rotatable bonds is 8. The third-order valence-corrected chi connectivity index (χ3v) is 7.98. The zero-order valence-corrected chi connectivity index (χ0v) is 17.8. The number of carbonyl (C=O) groups excluding carboxylic acids is 4. The average Bonchev–Trinajstić information content (AvgIpc) is 3.60. The maximum absolute atomic E-state index is 14.2. The second kappa shape index (κ2) is 7.13. The van der Waals surface area contributed by atoms with Gasteiger partial charge in [-0.2, -0.15) is 0 Å². The Bertz CT molecular complexity index is 912. The number of hydrogen-bond donors (Lipinski definition) is 2. The second-order valence-corrected chi connectivity index (χ2v) is 10.3. The molecule has 182 valence electrons. The molecule has 3 atom stereocenters. The third kappa shape index (κ3) is 4.00. The molecule has 2 aliphatic heterocycles. The van der Waals surface area contributed by atoms with Gasteiger partial charge in [-0.1, -0.05) is 0 Å². The first-order chi connectivity index (χ1) is 15.4. The highest BCUT2D eigenvalue weighted by Gasteiger charge is 2.90. The number of alkyl halides is 4. The number of likely N-dealkylation sites (tertiary alicyclic amines) is 1. The van der Waals surface area contributed by atoms with Crippen molar-refractivity contribution in [1.82, 2.24) is 15.5 Å². The van der Waals surface area contributed by atoms with Gasteiger partial charge in [-0.15, -0.1) is 13.2 Å². The molecule has 5 aliphatic rings. The van der Waals surface area contributed by atoms with Crippen molar-refractivity contribution in [1.29, 1.82) is 0 Å². The average molecular weight is 475 g/mol. The van der Waals surface area contributed by atoms with Crippen molar-refractivity contribution in [3.63, 3.8) is 0 Å². The van der Waals surface area contributed by atoms with E-state index in [-0.39, 0.29) is 30.6 Å². The van der Waals surface area contributed by atoms with Gasteiger partial charge in [-0.05, 0) is 37.5 Å². The molecule has 5 fully saturated rings. The number of halogens is 4. The third-order valence-electron chi connectivity index (χ3n) is 7.98. The maximum Gasteiger partial charge on any atom is 0.522 e. The summed E-state index contributed by atoms with van der Waals surface area (Å²) in [5.41, 5.74) is -2.68. The lowest BCUT2D eigenvalue weighted by Gasteiger charge is -2.27. The summed E-state index contributed by atoms with van der Waals surface area (Å²) in [6, 6.07) is -2.29. The van der Waals surface area contributed by atoms with Gasteiger partial charge < -0.3 is 15.5 Å². The van der Waals surface area contributed by atoms with Crippen LogP contribution < -0.4 is 10.6 Å². The van der Waals surface area contributed by atoms with Crippen LogP contribution in [0.25, 0.3) is 0 Å². The molecule has 3 saturated carbocycles. The highest BCUT2D eigenvalue weighted by atomic mass is 19.4. The first-order valence-electron chi connectivity index (χ1n) is 11.2. The Hall–Kier alpha value is -2.24.